The lowest BCUT2D eigenvalue weighted by Crippen LogP contribution is -2.26. The van der Waals surface area contributed by atoms with Gasteiger partial charge in [0.2, 0.25) is 5.91 Å². The van der Waals surface area contributed by atoms with Gasteiger partial charge in [-0.15, -0.1) is 12.4 Å². The average Bonchev–Trinajstić information content (AvgIpc) is 2.28. The molecule has 1 atom stereocenters. The summed E-state index contributed by atoms with van der Waals surface area (Å²) in [5.41, 5.74) is 6.03. The standard InChI is InChI=1S/C11H15ClN2O2.ClH/c1-7(6-13)11(15)14-8-3-4-10(16-2)9(12)5-8;/h3-5,7H,6,13H2,1-2H3,(H,14,15);1H. The Morgan fingerprint density at radius 1 is 1.59 bits per heavy atom. The van der Waals surface area contributed by atoms with Crippen LogP contribution in [0.5, 0.6) is 5.75 Å². The van der Waals surface area contributed by atoms with E-state index in [4.69, 9.17) is 22.1 Å². The van der Waals surface area contributed by atoms with Gasteiger partial charge >= 0.3 is 0 Å². The minimum atomic E-state index is -0.221. The minimum absolute atomic E-state index is 0. The maximum atomic E-state index is 11.5. The SMILES string of the molecule is COc1ccc(NC(=O)C(C)CN)cc1Cl.Cl. The van der Waals surface area contributed by atoms with E-state index < -0.39 is 0 Å². The molecule has 0 fully saturated rings. The first-order valence-corrected chi connectivity index (χ1v) is 5.30. The first-order valence-electron chi connectivity index (χ1n) is 4.93. The molecule has 0 spiro atoms. The molecule has 0 aliphatic rings. The highest BCUT2D eigenvalue weighted by Crippen LogP contribution is 2.27. The summed E-state index contributed by atoms with van der Waals surface area (Å²) in [4.78, 5) is 11.5. The number of carbonyl (C=O) groups is 1. The van der Waals surface area contributed by atoms with Crippen LogP contribution in [0.2, 0.25) is 5.02 Å². The van der Waals surface area contributed by atoms with E-state index in [1.165, 1.54) is 7.11 Å². The van der Waals surface area contributed by atoms with E-state index >= 15 is 0 Å². The van der Waals surface area contributed by atoms with E-state index in [0.717, 1.165) is 0 Å². The molecule has 3 N–H and O–H groups in total. The molecule has 4 nitrogen and oxygen atoms in total. The minimum Gasteiger partial charge on any atom is -0.495 e. The number of rotatable bonds is 4. The summed E-state index contributed by atoms with van der Waals surface area (Å²) >= 11 is 5.93. The molecule has 0 bridgehead atoms. The Balaban J connectivity index is 0.00000256. The molecule has 6 heteroatoms. The van der Waals surface area contributed by atoms with Crippen molar-refractivity contribution in [3.8, 4) is 5.75 Å². The number of carbonyl (C=O) groups excluding carboxylic acids is 1. The van der Waals surface area contributed by atoms with Gasteiger partial charge in [-0.3, -0.25) is 4.79 Å². The first kappa shape index (κ1) is 16.0. The zero-order chi connectivity index (χ0) is 12.1. The molecule has 0 aromatic heterocycles. The van der Waals surface area contributed by atoms with Gasteiger partial charge in [0.05, 0.1) is 12.1 Å². The lowest BCUT2D eigenvalue weighted by Gasteiger charge is -2.11. The number of ether oxygens (including phenoxy) is 1. The molecule has 0 heterocycles. The van der Waals surface area contributed by atoms with Gasteiger partial charge < -0.3 is 15.8 Å². The molecule has 0 saturated heterocycles. The van der Waals surface area contributed by atoms with Crippen LogP contribution in [0, 0.1) is 5.92 Å². The van der Waals surface area contributed by atoms with Crippen LogP contribution < -0.4 is 15.8 Å². The van der Waals surface area contributed by atoms with Gasteiger partial charge in [0.25, 0.3) is 0 Å². The molecule has 0 aliphatic carbocycles. The van der Waals surface area contributed by atoms with Gasteiger partial charge in [-0.2, -0.15) is 0 Å². The predicted octanol–water partition coefficient (Wildman–Crippen LogP) is 2.30. The monoisotopic (exact) mass is 278 g/mol. The van der Waals surface area contributed by atoms with Crippen molar-refractivity contribution in [3.05, 3.63) is 23.2 Å². The Morgan fingerprint density at radius 3 is 2.71 bits per heavy atom. The van der Waals surface area contributed by atoms with Crippen LogP contribution in [0.25, 0.3) is 0 Å². The molecule has 0 radical (unpaired) electrons. The van der Waals surface area contributed by atoms with Crippen molar-refractivity contribution >= 4 is 35.6 Å². The summed E-state index contributed by atoms with van der Waals surface area (Å²) < 4.78 is 5.01. The summed E-state index contributed by atoms with van der Waals surface area (Å²) in [7, 11) is 1.54. The molecule has 1 aromatic rings. The predicted molar refractivity (Wildman–Crippen MR) is 72.1 cm³/mol. The smallest absolute Gasteiger partial charge is 0.228 e. The van der Waals surface area contributed by atoms with Gasteiger partial charge in [-0.25, -0.2) is 0 Å². The molecule has 1 unspecified atom stereocenters. The highest BCUT2D eigenvalue weighted by atomic mass is 35.5. The quantitative estimate of drug-likeness (QED) is 0.888. The third kappa shape index (κ3) is 4.42. The zero-order valence-corrected chi connectivity index (χ0v) is 11.3. The average molecular weight is 279 g/mol. The van der Waals surface area contributed by atoms with E-state index in [1.807, 2.05) is 0 Å². The summed E-state index contributed by atoms with van der Waals surface area (Å²) in [5, 5.41) is 3.18. The Bertz CT molecular complexity index is 386. The molecule has 0 saturated carbocycles. The fourth-order valence-corrected chi connectivity index (χ4v) is 1.37. The lowest BCUT2D eigenvalue weighted by molar-refractivity contribution is -0.119. The zero-order valence-electron chi connectivity index (χ0n) is 9.70. The molecule has 1 rings (SSSR count). The summed E-state index contributed by atoms with van der Waals surface area (Å²) in [6, 6.07) is 5.07. The van der Waals surface area contributed by atoms with Crippen LogP contribution in [0.3, 0.4) is 0 Å². The third-order valence-electron chi connectivity index (χ3n) is 2.22. The highest BCUT2D eigenvalue weighted by molar-refractivity contribution is 6.32. The van der Waals surface area contributed by atoms with E-state index in [9.17, 15) is 4.79 Å². The second-order valence-corrected chi connectivity index (χ2v) is 3.88. The largest absolute Gasteiger partial charge is 0.495 e. The Morgan fingerprint density at radius 2 is 2.24 bits per heavy atom. The molecule has 17 heavy (non-hydrogen) atoms. The van der Waals surface area contributed by atoms with Gasteiger partial charge in [0.1, 0.15) is 5.75 Å². The fraction of sp³-hybridized carbons (Fsp3) is 0.364. The van der Waals surface area contributed by atoms with Crippen molar-refractivity contribution in [2.75, 3.05) is 19.0 Å². The summed E-state index contributed by atoms with van der Waals surface area (Å²) in [6.07, 6.45) is 0. The van der Waals surface area contributed by atoms with Crippen molar-refractivity contribution in [2.45, 2.75) is 6.92 Å². The third-order valence-corrected chi connectivity index (χ3v) is 2.52. The van der Waals surface area contributed by atoms with Crippen molar-refractivity contribution < 1.29 is 9.53 Å². The van der Waals surface area contributed by atoms with Crippen molar-refractivity contribution in [2.24, 2.45) is 11.7 Å². The van der Waals surface area contributed by atoms with Gasteiger partial charge in [0, 0.05) is 18.2 Å². The Kier molecular flexibility index (Phi) is 6.95. The van der Waals surface area contributed by atoms with Crippen LogP contribution in [0.15, 0.2) is 18.2 Å². The number of methoxy groups -OCH3 is 1. The van der Waals surface area contributed by atoms with Crippen molar-refractivity contribution in [1.29, 1.82) is 0 Å². The molecular formula is C11H16Cl2N2O2. The Labute approximate surface area is 112 Å². The molecule has 1 aromatic carbocycles. The van der Waals surface area contributed by atoms with Crippen LogP contribution in [-0.2, 0) is 4.79 Å². The summed E-state index contributed by atoms with van der Waals surface area (Å²) in [5.74, 6) is 0.233. The number of nitrogens with two attached hydrogens (primary N) is 1. The van der Waals surface area contributed by atoms with Crippen molar-refractivity contribution in [3.63, 3.8) is 0 Å². The van der Waals surface area contributed by atoms with E-state index in [1.54, 1.807) is 25.1 Å². The second-order valence-electron chi connectivity index (χ2n) is 3.48. The van der Waals surface area contributed by atoms with Crippen LogP contribution >= 0.6 is 24.0 Å². The van der Waals surface area contributed by atoms with Crippen LogP contribution in [0.4, 0.5) is 5.69 Å². The number of nitrogens with one attached hydrogen (secondary N) is 1. The van der Waals surface area contributed by atoms with Gasteiger partial charge in [-0.05, 0) is 18.2 Å². The Hall–Kier alpha value is -0.970. The second kappa shape index (κ2) is 7.37. The lowest BCUT2D eigenvalue weighted by atomic mass is 10.1. The number of anilines is 1. The van der Waals surface area contributed by atoms with Crippen LogP contribution in [0.1, 0.15) is 6.92 Å². The molecule has 1 amide bonds. The number of hydrogen-bond donors (Lipinski definition) is 2. The topological polar surface area (TPSA) is 64.3 Å². The highest BCUT2D eigenvalue weighted by Gasteiger charge is 2.11. The van der Waals surface area contributed by atoms with Gasteiger partial charge in [0.15, 0.2) is 0 Å². The van der Waals surface area contributed by atoms with E-state index in [0.29, 0.717) is 23.0 Å². The normalized spacial score (nSPS) is 11.3. The summed E-state index contributed by atoms with van der Waals surface area (Å²) in [6.45, 7) is 2.08. The molecule has 96 valence electrons. The molecular weight excluding hydrogens is 263 g/mol. The van der Waals surface area contributed by atoms with Crippen molar-refractivity contribution in [1.82, 2.24) is 0 Å². The maximum Gasteiger partial charge on any atom is 0.228 e. The first-order chi connectivity index (χ1) is 7.58. The number of halogens is 2. The van der Waals surface area contributed by atoms with Crippen LogP contribution in [-0.4, -0.2) is 19.6 Å². The van der Waals surface area contributed by atoms with Gasteiger partial charge in [-0.1, -0.05) is 18.5 Å². The number of hydrogen-bond acceptors (Lipinski definition) is 3. The van der Waals surface area contributed by atoms with E-state index in [2.05, 4.69) is 5.32 Å². The number of benzene rings is 1. The van der Waals surface area contributed by atoms with E-state index in [-0.39, 0.29) is 24.2 Å². The molecule has 0 aliphatic heterocycles. The number of amides is 1. The maximum absolute atomic E-state index is 11.5. The fourth-order valence-electron chi connectivity index (χ4n) is 1.12.